The topological polar surface area (TPSA) is 114 Å². The van der Waals surface area contributed by atoms with Crippen molar-refractivity contribution in [2.45, 2.75) is 162 Å². The van der Waals surface area contributed by atoms with E-state index in [0.29, 0.717) is 11.8 Å². The second-order valence-electron chi connectivity index (χ2n) is 19.3. The molecule has 0 aromatic heterocycles. The van der Waals surface area contributed by atoms with Gasteiger partial charge in [0.2, 0.25) is 0 Å². The van der Waals surface area contributed by atoms with Gasteiger partial charge in [0.1, 0.15) is 0 Å². The van der Waals surface area contributed by atoms with Gasteiger partial charge in [0.25, 0.3) is 0 Å². The van der Waals surface area contributed by atoms with E-state index < -0.39 is 20.2 Å². The van der Waals surface area contributed by atoms with Crippen LogP contribution in [0, 0.1) is 57.2 Å². The van der Waals surface area contributed by atoms with Crippen LogP contribution in [0.15, 0.2) is 0 Å². The zero-order valence-corrected chi connectivity index (χ0v) is 38.2. The van der Waals surface area contributed by atoms with Crippen LogP contribution in [-0.2, 0) is 47.5 Å². The van der Waals surface area contributed by atoms with Gasteiger partial charge < -0.3 is 9.11 Å². The molecule has 0 bridgehead atoms. The molecule has 45 heavy (non-hydrogen) atoms. The molecule has 0 saturated heterocycles. The first-order valence-electron chi connectivity index (χ1n) is 17.1. The summed E-state index contributed by atoms with van der Waals surface area (Å²) in [5.74, 6) is 1.14. The van der Waals surface area contributed by atoms with Crippen LogP contribution in [0.4, 0.5) is 0 Å². The molecule has 0 N–H and O–H groups in total. The maximum Gasteiger partial charge on any atom is 2.00 e. The summed E-state index contributed by atoms with van der Waals surface area (Å²) in [7, 11) is -8.31. The predicted molar refractivity (Wildman–Crippen MR) is 188 cm³/mol. The van der Waals surface area contributed by atoms with Crippen molar-refractivity contribution in [3.63, 3.8) is 0 Å². The van der Waals surface area contributed by atoms with Gasteiger partial charge >= 0.3 is 27.3 Å². The van der Waals surface area contributed by atoms with Crippen molar-refractivity contribution < 1.29 is 53.2 Å². The molecule has 6 atom stereocenters. The molecule has 0 amide bonds. The summed E-state index contributed by atoms with van der Waals surface area (Å²) >= 11 is 0. The van der Waals surface area contributed by atoms with Crippen LogP contribution in [0.5, 0.6) is 0 Å². The molecule has 0 aromatic carbocycles. The smallest absolute Gasteiger partial charge is 0.748 e. The summed E-state index contributed by atoms with van der Waals surface area (Å²) in [5, 5.41) is 0. The molecule has 0 fully saturated rings. The molecule has 0 rings (SSSR count). The first-order valence-corrected chi connectivity index (χ1v) is 20.2. The molecule has 0 aliphatic carbocycles. The molecule has 0 aromatic rings. The van der Waals surface area contributed by atoms with Crippen molar-refractivity contribution in [1.82, 2.24) is 0 Å². The van der Waals surface area contributed by atoms with Crippen LogP contribution < -0.4 is 0 Å². The summed E-state index contributed by atoms with van der Waals surface area (Å²) in [6, 6.07) is 0. The van der Waals surface area contributed by atoms with Gasteiger partial charge in [-0.25, -0.2) is 16.8 Å². The molecule has 0 heterocycles. The van der Waals surface area contributed by atoms with Crippen LogP contribution in [0.3, 0.4) is 0 Å². The van der Waals surface area contributed by atoms with E-state index in [2.05, 4.69) is 111 Å². The summed E-state index contributed by atoms with van der Waals surface area (Å²) in [6.07, 6.45) is 7.78. The maximum atomic E-state index is 11.2. The van der Waals surface area contributed by atoms with Gasteiger partial charge in [-0.15, -0.1) is 0 Å². The van der Waals surface area contributed by atoms with E-state index in [4.69, 9.17) is 0 Å². The molecule has 0 saturated carbocycles. The second-order valence-corrected chi connectivity index (χ2v) is 22.2. The molecule has 6 unspecified atom stereocenters. The number of hydrogen-bond acceptors (Lipinski definition) is 6. The third kappa shape index (κ3) is 34.4. The Hall–Kier alpha value is 0.742. The van der Waals surface area contributed by atoms with E-state index in [9.17, 15) is 25.9 Å². The average Bonchev–Trinajstić information content (AvgIpc) is 2.67. The maximum absolute atomic E-state index is 11.2. The summed E-state index contributed by atoms with van der Waals surface area (Å²) in [6.45, 7) is 35.0. The minimum atomic E-state index is -4.16. The van der Waals surface area contributed by atoms with E-state index in [1.165, 1.54) is 0 Å². The zero-order valence-electron chi connectivity index (χ0n) is 32.5. The Balaban J connectivity index is -0.000000767. The fourth-order valence-electron chi connectivity index (χ4n) is 7.15. The van der Waals surface area contributed by atoms with Gasteiger partial charge in [0.15, 0.2) is 0 Å². The van der Waals surface area contributed by atoms with Gasteiger partial charge in [0, 0.05) is 11.5 Å². The molecule has 0 aliphatic rings. The summed E-state index contributed by atoms with van der Waals surface area (Å²) < 4.78 is 67.4. The van der Waals surface area contributed by atoms with Gasteiger partial charge in [-0.3, -0.25) is 0 Å². The van der Waals surface area contributed by atoms with Crippen LogP contribution in [-0.4, -0.2) is 37.4 Å². The third-order valence-electron chi connectivity index (χ3n) is 8.30. The van der Waals surface area contributed by atoms with Gasteiger partial charge in [-0.1, -0.05) is 124 Å². The third-order valence-corrected chi connectivity index (χ3v) is 9.97. The van der Waals surface area contributed by atoms with Gasteiger partial charge in [-0.2, -0.15) is 0 Å². The number of hydrogen-bond donors (Lipinski definition) is 0. The molecule has 9 heteroatoms. The van der Waals surface area contributed by atoms with Crippen molar-refractivity contribution in [1.29, 1.82) is 0 Å². The zero-order chi connectivity index (χ0) is 35.5. The van der Waals surface area contributed by atoms with Gasteiger partial charge in [0.05, 0.1) is 20.2 Å². The van der Waals surface area contributed by atoms with Crippen molar-refractivity contribution in [3.05, 3.63) is 0 Å². The van der Waals surface area contributed by atoms with Crippen LogP contribution in [0.2, 0.25) is 0 Å². The standard InChI is InChI=1S/2C18H38O3S.Cd/c2*1-14(11-17(3,4)5)9-10-16(13-22(19,20)21)15(2)12-18(6,7)8;/h2*14-16H,9-13H2,1-8H3,(H,19,20,21);/q;;+2/p-2. The largest absolute Gasteiger partial charge is 2.00 e. The first kappa shape index (κ1) is 50.1. The van der Waals surface area contributed by atoms with Crippen molar-refractivity contribution in [2.75, 3.05) is 11.5 Å². The average molecular weight is 780 g/mol. The minimum Gasteiger partial charge on any atom is -0.748 e. The summed E-state index contributed by atoms with van der Waals surface area (Å²) in [5.41, 5.74) is 0.885. The molecule has 268 valence electrons. The SMILES string of the molecule is CC(CCC(CS(=O)(=O)[O-])C(C)CC(C)(C)C)CC(C)(C)C.CC(CCC(CS(=O)(=O)[O-])C(C)CC(C)(C)C)CC(C)(C)C.[Cd+2]. The Bertz CT molecular complexity index is 914. The first-order chi connectivity index (χ1) is 19.2. The normalized spacial score (nSPS) is 17.6. The van der Waals surface area contributed by atoms with E-state index in [1.807, 2.05) is 0 Å². The monoisotopic (exact) mass is 780 g/mol. The molecule has 6 nitrogen and oxygen atoms in total. The molecular weight excluding hydrogens is 705 g/mol. The quantitative estimate of drug-likeness (QED) is 0.114. The Kier molecular flexibility index (Phi) is 22.7. The fourth-order valence-corrected chi connectivity index (χ4v) is 9.19. The Morgan fingerprint density at radius 3 is 0.844 bits per heavy atom. The fraction of sp³-hybridized carbons (Fsp3) is 1.00. The van der Waals surface area contributed by atoms with Gasteiger partial charge in [-0.05, 0) is 95.7 Å². The van der Waals surface area contributed by atoms with Crippen molar-refractivity contribution in [2.24, 2.45) is 57.2 Å². The van der Waals surface area contributed by atoms with Crippen LogP contribution in [0.25, 0.3) is 0 Å². The Morgan fingerprint density at radius 1 is 0.444 bits per heavy atom. The molecular formula is C36H74CdO6S2. The van der Waals surface area contributed by atoms with Crippen LogP contribution in [0.1, 0.15) is 162 Å². The Morgan fingerprint density at radius 2 is 0.667 bits per heavy atom. The van der Waals surface area contributed by atoms with Crippen LogP contribution >= 0.6 is 0 Å². The minimum absolute atomic E-state index is 0. The van der Waals surface area contributed by atoms with E-state index >= 15 is 0 Å². The van der Waals surface area contributed by atoms with E-state index in [-0.39, 0.29) is 84.1 Å². The van der Waals surface area contributed by atoms with Crippen molar-refractivity contribution in [3.8, 4) is 0 Å². The van der Waals surface area contributed by atoms with Crippen molar-refractivity contribution >= 4 is 20.2 Å². The second kappa shape index (κ2) is 20.4. The van der Waals surface area contributed by atoms with E-state index in [1.54, 1.807) is 0 Å². The van der Waals surface area contributed by atoms with E-state index in [0.717, 1.165) is 51.4 Å². The number of rotatable bonds is 16. The summed E-state index contributed by atoms with van der Waals surface area (Å²) in [4.78, 5) is 0. The Labute approximate surface area is 302 Å². The molecule has 0 spiro atoms. The molecule has 0 aliphatic heterocycles. The predicted octanol–water partition coefficient (Wildman–Crippen LogP) is 10.1. The molecule has 0 radical (unpaired) electrons.